The number of cyclic esters (lactones) is 1. The molecule has 0 radical (unpaired) electrons. The van der Waals surface area contributed by atoms with Crippen molar-refractivity contribution in [1.29, 1.82) is 0 Å². The van der Waals surface area contributed by atoms with Crippen LogP contribution >= 0.6 is 22.6 Å². The number of ether oxygens (including phenoxy) is 5. The number of likely N-dealkylation sites (N-methyl/N-ethyl adjacent to an activating group) is 1. The number of rotatable bonds is 17. The van der Waals surface area contributed by atoms with Gasteiger partial charge < -0.3 is 43.4 Å². The minimum absolute atomic E-state index is 0.0445. The number of aliphatic hydroxyl groups is 2. The molecule has 4 aliphatic rings. The minimum atomic E-state index is -3.48. The number of carbonyl (C=O) groups excluding carboxylic acids is 4. The van der Waals surface area contributed by atoms with Crippen LogP contribution in [0.5, 0.6) is 0 Å². The summed E-state index contributed by atoms with van der Waals surface area (Å²) in [4.78, 5) is 69.8. The van der Waals surface area contributed by atoms with Crippen LogP contribution in [0.15, 0.2) is 72.4 Å². The first-order chi connectivity index (χ1) is 36.4. The summed E-state index contributed by atoms with van der Waals surface area (Å²) >= 11 is 1.91. The van der Waals surface area contributed by atoms with Crippen LogP contribution in [0, 0.1) is 23.7 Å². The van der Waals surface area contributed by atoms with Crippen molar-refractivity contribution in [2.45, 2.75) is 155 Å². The monoisotopic (exact) mass is 1200 g/mol. The molecule has 1 aromatic carbocycles. The molecule has 7 heterocycles. The fourth-order valence-corrected chi connectivity index (χ4v) is 13.0. The van der Waals surface area contributed by atoms with Crippen LogP contribution in [0.3, 0.4) is 0 Å². The number of hydrogen-bond acceptors (Lipinski definition) is 18. The van der Waals surface area contributed by atoms with Crippen LogP contribution in [-0.4, -0.2) is 173 Å². The van der Waals surface area contributed by atoms with E-state index in [4.69, 9.17) is 23.7 Å². The number of amides is 1. The van der Waals surface area contributed by atoms with Crippen LogP contribution < -0.4 is 0 Å². The fraction of sp³-hybridized carbons (Fsp3) is 0.623. The maximum absolute atomic E-state index is 15.2. The third kappa shape index (κ3) is 11.9. The lowest BCUT2D eigenvalue weighted by Gasteiger charge is -2.54. The van der Waals surface area contributed by atoms with Crippen molar-refractivity contribution in [3.8, 4) is 11.3 Å². The van der Waals surface area contributed by atoms with Gasteiger partial charge in [-0.25, -0.2) is 27.3 Å². The number of benzene rings is 1. The molecule has 1 amide bonds. The first-order valence-corrected chi connectivity index (χ1v) is 29.1. The standard InChI is InChI=1S/C53H70FIN8O13S/c1-29-23-52(5,72-8)47(74-49-45(67)39(22-30(2)73-49)60(7)21-18-35-26-62(59-58-35)40(24-54)44(66)33-14-16-36(17-15-33)77(9,70)71)31(3)43(65)32(4)48(68)75-50(55)53(6)46-41(42(29)64)38(63(46)51(69)76-53)13-11-20-61-27-37(57-28-61)34-12-10-19-56-25-34/h10,12,14-17,19,25-32,38-41,44-47,49-50,66-67H,11,13,18,20-24H2,1-9H3/t29-,30-,31+,32-,38?,39+,40-,41+,44-,45-,46-,47-,49+,50+,52-,53+/m1/s1. The van der Waals surface area contributed by atoms with Crippen molar-refractivity contribution < 1.29 is 65.9 Å². The number of ketones is 2. The second-order valence-corrected chi connectivity index (χ2v) is 24.8. The number of Topliss-reactive ketones (excluding diaryl/α,β-unsaturated/α-hetero) is 2. The van der Waals surface area contributed by atoms with Gasteiger partial charge in [0, 0.05) is 87.1 Å². The van der Waals surface area contributed by atoms with E-state index in [0.717, 1.165) is 17.5 Å². The van der Waals surface area contributed by atoms with E-state index in [0.29, 0.717) is 50.0 Å². The molecule has 0 bridgehead atoms. The maximum Gasteiger partial charge on any atom is 0.411 e. The van der Waals surface area contributed by atoms with Gasteiger partial charge in [0.2, 0.25) is 0 Å². The van der Waals surface area contributed by atoms with Gasteiger partial charge in [-0.2, -0.15) is 0 Å². The summed E-state index contributed by atoms with van der Waals surface area (Å²) < 4.78 is 71.9. The number of imidazole rings is 1. The number of alkyl halides is 2. The Bertz CT molecular complexity index is 2860. The predicted molar refractivity (Wildman–Crippen MR) is 283 cm³/mol. The number of aliphatic hydroxyl groups excluding tert-OH is 2. The number of carbonyl (C=O) groups is 4. The van der Waals surface area contributed by atoms with Crippen LogP contribution in [-0.2, 0) is 60.9 Å². The molecule has 16 atom stereocenters. The molecule has 21 nitrogen and oxygen atoms in total. The van der Waals surface area contributed by atoms with Crippen molar-refractivity contribution in [2.24, 2.45) is 23.7 Å². The topological polar surface area (TPSA) is 257 Å². The maximum atomic E-state index is 15.2. The molecule has 0 aliphatic carbocycles. The minimum Gasteiger partial charge on any atom is -0.447 e. The number of methoxy groups -OCH3 is 1. The van der Waals surface area contributed by atoms with E-state index in [1.54, 1.807) is 51.3 Å². The molecule has 24 heteroatoms. The molecule has 4 fully saturated rings. The third-order valence-corrected chi connectivity index (χ3v) is 18.8. The summed E-state index contributed by atoms with van der Waals surface area (Å²) in [6, 6.07) is 6.30. The highest BCUT2D eigenvalue weighted by atomic mass is 127. The zero-order chi connectivity index (χ0) is 55.9. The number of nitrogens with zero attached hydrogens (tertiary/aromatic N) is 8. The summed E-state index contributed by atoms with van der Waals surface area (Å²) in [5.74, 6) is -5.40. The van der Waals surface area contributed by atoms with Gasteiger partial charge in [0.15, 0.2) is 31.6 Å². The molecule has 1 unspecified atom stereocenters. The number of halogens is 2. The average Bonchev–Trinajstić information content (AvgIpc) is 4.32. The average molecular weight is 1210 g/mol. The molecular formula is C53H70FIN8O13S. The van der Waals surface area contributed by atoms with E-state index >= 15 is 4.79 Å². The van der Waals surface area contributed by atoms with Gasteiger partial charge in [0.25, 0.3) is 0 Å². The zero-order valence-electron chi connectivity index (χ0n) is 44.7. The molecule has 8 rings (SSSR count). The molecule has 0 saturated carbocycles. The number of aromatic nitrogens is 6. The molecule has 4 aliphatic heterocycles. The summed E-state index contributed by atoms with van der Waals surface area (Å²) in [5.41, 5.74) is -0.415. The summed E-state index contributed by atoms with van der Waals surface area (Å²) in [6.45, 7) is 9.98. The van der Waals surface area contributed by atoms with Gasteiger partial charge in [-0.15, -0.1) is 5.10 Å². The Morgan fingerprint density at radius 1 is 1.05 bits per heavy atom. The number of pyridine rings is 1. The smallest absolute Gasteiger partial charge is 0.411 e. The molecule has 3 aromatic heterocycles. The first-order valence-electron chi connectivity index (χ1n) is 25.9. The summed E-state index contributed by atoms with van der Waals surface area (Å²) in [7, 11) is -0.205. The Morgan fingerprint density at radius 3 is 2.44 bits per heavy atom. The Morgan fingerprint density at radius 2 is 1.78 bits per heavy atom. The third-order valence-electron chi connectivity index (χ3n) is 16.2. The molecule has 4 saturated heterocycles. The lowest BCUT2D eigenvalue weighted by molar-refractivity contribution is -0.296. The normalized spacial score (nSPS) is 33.0. The number of esters is 1. The van der Waals surface area contributed by atoms with E-state index in [9.17, 15) is 37.4 Å². The SMILES string of the molecule is CO[C@]1(C)C[C@@H](C)C(=O)[C@@H]2C(CCCn3cnc(-c4cccnc4)c3)N3C(=O)O[C@](C)([C@@H](I)OC(=O)[C@H](C)C(=O)[C@H](C)[C@H]1O[C@@H]1O[C@H](C)C[C@H](N(C)CCc4cn([C@H](CF)[C@H](O)c5ccc(S(C)(=O)=O)cc5)nn4)[C@H]1O)[C@@H]23. The number of sulfone groups is 1. The van der Waals surface area contributed by atoms with E-state index in [2.05, 4.69) is 20.3 Å². The highest BCUT2D eigenvalue weighted by Crippen LogP contribution is 2.53. The predicted octanol–water partition coefficient (Wildman–Crippen LogP) is 5.13. The fourth-order valence-electron chi connectivity index (χ4n) is 11.6. The summed E-state index contributed by atoms with van der Waals surface area (Å²) in [6.07, 6.45) is 5.25. The highest BCUT2D eigenvalue weighted by Gasteiger charge is 2.70. The molecule has 0 spiro atoms. The van der Waals surface area contributed by atoms with Gasteiger partial charge in [-0.1, -0.05) is 31.2 Å². The van der Waals surface area contributed by atoms with E-state index in [-0.39, 0.29) is 17.1 Å². The first kappa shape index (κ1) is 58.3. The van der Waals surface area contributed by atoms with Crippen LogP contribution in [0.4, 0.5) is 9.18 Å². The highest BCUT2D eigenvalue weighted by molar-refractivity contribution is 14.1. The van der Waals surface area contributed by atoms with E-state index in [1.807, 2.05) is 64.4 Å². The van der Waals surface area contributed by atoms with Crippen LogP contribution in [0.1, 0.15) is 90.6 Å². The summed E-state index contributed by atoms with van der Waals surface area (Å²) in [5, 5.41) is 31.6. The number of aryl methyl sites for hydroxylation is 1. The van der Waals surface area contributed by atoms with Gasteiger partial charge in [-0.05, 0) is 113 Å². The second kappa shape index (κ2) is 23.5. The van der Waals surface area contributed by atoms with Gasteiger partial charge in [0.05, 0.1) is 52.4 Å². The van der Waals surface area contributed by atoms with Gasteiger partial charge in [0.1, 0.15) is 36.6 Å². The van der Waals surface area contributed by atoms with Crippen molar-refractivity contribution in [3.05, 3.63) is 78.8 Å². The molecule has 77 heavy (non-hydrogen) atoms. The van der Waals surface area contributed by atoms with Crippen molar-refractivity contribution >= 4 is 56.1 Å². The van der Waals surface area contributed by atoms with Gasteiger partial charge in [-0.3, -0.25) is 24.3 Å². The molecule has 420 valence electrons. The molecule has 2 N–H and O–H groups in total. The second-order valence-electron chi connectivity index (χ2n) is 21.7. The molecule has 4 aromatic rings. The Hall–Kier alpha value is -4.83. The Kier molecular flexibility index (Phi) is 17.8. The Labute approximate surface area is 461 Å². The quantitative estimate of drug-likeness (QED) is 0.0601. The molecular weight excluding hydrogens is 1130 g/mol. The lowest BCUT2D eigenvalue weighted by atomic mass is 9.66. The van der Waals surface area contributed by atoms with Crippen LogP contribution in [0.2, 0.25) is 0 Å². The lowest BCUT2D eigenvalue weighted by Crippen LogP contribution is -2.71. The van der Waals surface area contributed by atoms with Crippen molar-refractivity contribution in [2.75, 3.05) is 33.6 Å². The van der Waals surface area contributed by atoms with E-state index < -0.39 is 128 Å². The van der Waals surface area contributed by atoms with E-state index in [1.165, 1.54) is 49.2 Å². The zero-order valence-corrected chi connectivity index (χ0v) is 47.7. The van der Waals surface area contributed by atoms with Crippen LogP contribution in [0.25, 0.3) is 11.3 Å². The number of hydrogen-bond donors (Lipinski definition) is 2. The Balaban J connectivity index is 0.987. The van der Waals surface area contributed by atoms with Crippen molar-refractivity contribution in [1.82, 2.24) is 39.3 Å². The largest absolute Gasteiger partial charge is 0.447 e. The van der Waals surface area contributed by atoms with Crippen molar-refractivity contribution in [3.63, 3.8) is 0 Å². The van der Waals surface area contributed by atoms with Gasteiger partial charge >= 0.3 is 12.1 Å².